The molecule has 0 amide bonds. The summed E-state index contributed by atoms with van der Waals surface area (Å²) in [5, 5.41) is 4.16. The summed E-state index contributed by atoms with van der Waals surface area (Å²) in [6.45, 7) is 10.0. The molecule has 0 aliphatic carbocycles. The molecular weight excluding hydrogens is 244 g/mol. The molecule has 2 nitrogen and oxygen atoms in total. The molecule has 0 atom stereocenters. The van der Waals surface area contributed by atoms with Gasteiger partial charge in [-0.3, -0.25) is 4.90 Å². The molecule has 1 aromatic rings. The summed E-state index contributed by atoms with van der Waals surface area (Å²) < 4.78 is 0. The fourth-order valence-corrected chi connectivity index (χ4v) is 2.10. The topological polar surface area (TPSA) is 15.3 Å². The Labute approximate surface area is 116 Å². The van der Waals surface area contributed by atoms with Crippen molar-refractivity contribution in [1.29, 1.82) is 0 Å². The first kappa shape index (κ1) is 15.2. The normalized spacial score (nSPS) is 10.9. The van der Waals surface area contributed by atoms with Crippen LogP contribution >= 0.6 is 11.6 Å². The Morgan fingerprint density at radius 1 is 1.44 bits per heavy atom. The predicted molar refractivity (Wildman–Crippen MR) is 80.1 cm³/mol. The van der Waals surface area contributed by atoms with E-state index in [1.807, 2.05) is 18.2 Å². The third kappa shape index (κ3) is 6.20. The minimum absolute atomic E-state index is 0.796. The number of benzene rings is 1. The van der Waals surface area contributed by atoms with Gasteiger partial charge in [0.25, 0.3) is 0 Å². The maximum atomic E-state index is 5.97. The molecule has 0 heterocycles. The first-order valence-corrected chi connectivity index (χ1v) is 6.80. The van der Waals surface area contributed by atoms with Crippen LogP contribution < -0.4 is 5.32 Å². The zero-order valence-corrected chi connectivity index (χ0v) is 12.1. The summed E-state index contributed by atoms with van der Waals surface area (Å²) in [4.78, 5) is 2.25. The third-order valence-electron chi connectivity index (χ3n) is 2.64. The maximum Gasteiger partial charge on any atom is 0.0409 e. The highest BCUT2D eigenvalue weighted by Gasteiger charge is 2.03. The molecule has 0 unspecified atom stereocenters. The summed E-state index contributed by atoms with van der Waals surface area (Å²) in [6, 6.07) is 8.00. The Morgan fingerprint density at radius 2 is 2.22 bits per heavy atom. The molecule has 0 aromatic heterocycles. The highest BCUT2D eigenvalue weighted by Crippen LogP contribution is 2.12. The lowest BCUT2D eigenvalue weighted by Crippen LogP contribution is -2.26. The number of hydrogen-bond donors (Lipinski definition) is 1. The fourth-order valence-electron chi connectivity index (χ4n) is 1.88. The van der Waals surface area contributed by atoms with Gasteiger partial charge in [-0.2, -0.15) is 0 Å². The Hall–Kier alpha value is -0.830. The monoisotopic (exact) mass is 266 g/mol. The van der Waals surface area contributed by atoms with Crippen LogP contribution in [-0.4, -0.2) is 31.6 Å². The second-order valence-electron chi connectivity index (χ2n) is 4.73. The lowest BCUT2D eigenvalue weighted by molar-refractivity contribution is 0.352. The van der Waals surface area contributed by atoms with Gasteiger partial charge < -0.3 is 5.32 Å². The van der Waals surface area contributed by atoms with Gasteiger partial charge >= 0.3 is 0 Å². The van der Waals surface area contributed by atoms with Crippen molar-refractivity contribution in [3.8, 4) is 0 Å². The van der Waals surface area contributed by atoms with E-state index in [4.69, 9.17) is 11.6 Å². The number of likely N-dealkylation sites (N-methyl/N-ethyl adjacent to an activating group) is 1. The number of rotatable bonds is 8. The summed E-state index contributed by atoms with van der Waals surface area (Å²) in [7, 11) is 2.10. The van der Waals surface area contributed by atoms with Crippen molar-refractivity contribution in [1.82, 2.24) is 10.2 Å². The van der Waals surface area contributed by atoms with Gasteiger partial charge in [0.15, 0.2) is 0 Å². The van der Waals surface area contributed by atoms with E-state index in [-0.39, 0.29) is 0 Å². The second-order valence-corrected chi connectivity index (χ2v) is 5.17. The average molecular weight is 267 g/mol. The lowest BCUT2D eigenvalue weighted by Gasteiger charge is -2.18. The number of hydrogen-bond acceptors (Lipinski definition) is 2. The maximum absolute atomic E-state index is 5.97. The Balaban J connectivity index is 2.32. The van der Waals surface area contributed by atoms with Crippen molar-refractivity contribution in [2.24, 2.45) is 0 Å². The zero-order chi connectivity index (χ0) is 13.4. The van der Waals surface area contributed by atoms with Gasteiger partial charge in [-0.15, -0.1) is 0 Å². The van der Waals surface area contributed by atoms with Crippen molar-refractivity contribution in [3.63, 3.8) is 0 Å². The smallest absolute Gasteiger partial charge is 0.0409 e. The summed E-state index contributed by atoms with van der Waals surface area (Å²) in [6.07, 6.45) is 1.16. The van der Waals surface area contributed by atoms with E-state index >= 15 is 0 Å². The second kappa shape index (κ2) is 8.30. The molecule has 0 saturated heterocycles. The molecule has 0 fully saturated rings. The first-order valence-electron chi connectivity index (χ1n) is 6.42. The van der Waals surface area contributed by atoms with Gasteiger partial charge in [-0.05, 0) is 43.3 Å². The molecular formula is C15H23ClN2. The van der Waals surface area contributed by atoms with Crippen molar-refractivity contribution in [3.05, 3.63) is 47.0 Å². The summed E-state index contributed by atoms with van der Waals surface area (Å²) >= 11 is 5.97. The number of nitrogens with zero attached hydrogens (tertiary/aromatic N) is 1. The van der Waals surface area contributed by atoms with Gasteiger partial charge in [-0.1, -0.05) is 37.2 Å². The van der Waals surface area contributed by atoms with Crippen LogP contribution in [0.15, 0.2) is 36.4 Å². The number of nitrogens with one attached hydrogen (secondary N) is 1. The molecule has 1 N–H and O–H groups in total. The largest absolute Gasteiger partial charge is 0.313 e. The summed E-state index contributed by atoms with van der Waals surface area (Å²) in [5.41, 5.74) is 2.45. The van der Waals surface area contributed by atoms with Gasteiger partial charge in [0.05, 0.1) is 0 Å². The quantitative estimate of drug-likeness (QED) is 0.574. The van der Waals surface area contributed by atoms with Crippen LogP contribution in [0.1, 0.15) is 18.9 Å². The van der Waals surface area contributed by atoms with Gasteiger partial charge in [-0.25, -0.2) is 0 Å². The van der Waals surface area contributed by atoms with Crippen LogP contribution in [-0.2, 0) is 6.54 Å². The number of halogens is 1. The van der Waals surface area contributed by atoms with Gasteiger partial charge in [0.2, 0.25) is 0 Å². The van der Waals surface area contributed by atoms with Crippen molar-refractivity contribution >= 4 is 11.6 Å². The molecule has 18 heavy (non-hydrogen) atoms. The molecule has 100 valence electrons. The van der Waals surface area contributed by atoms with E-state index in [2.05, 4.69) is 36.8 Å². The van der Waals surface area contributed by atoms with E-state index in [0.29, 0.717) is 0 Å². The zero-order valence-electron chi connectivity index (χ0n) is 11.4. The van der Waals surface area contributed by atoms with Crippen LogP contribution in [0.25, 0.3) is 0 Å². The Morgan fingerprint density at radius 3 is 2.89 bits per heavy atom. The Kier molecular flexibility index (Phi) is 7.02. The standard InChI is InChI=1S/C15H23ClN2/c1-4-8-17-10-13(2)11-18(3)12-14-6-5-7-15(16)9-14/h5-7,9,17H,2,4,8,10-12H2,1,3H3. The van der Waals surface area contributed by atoms with Gasteiger partial charge in [0, 0.05) is 24.7 Å². The SMILES string of the molecule is C=C(CNCCC)CN(C)Cc1cccc(Cl)c1. The van der Waals surface area contributed by atoms with Crippen LogP contribution in [0, 0.1) is 0 Å². The van der Waals surface area contributed by atoms with Crippen LogP contribution in [0.4, 0.5) is 0 Å². The molecule has 1 rings (SSSR count). The molecule has 0 aliphatic heterocycles. The molecule has 0 radical (unpaired) electrons. The van der Waals surface area contributed by atoms with Crippen molar-refractivity contribution in [2.75, 3.05) is 26.7 Å². The molecule has 0 aliphatic rings. The molecule has 1 aromatic carbocycles. The average Bonchev–Trinajstić information content (AvgIpc) is 2.29. The Bertz CT molecular complexity index is 377. The minimum atomic E-state index is 0.796. The summed E-state index contributed by atoms with van der Waals surface area (Å²) in [5.74, 6) is 0. The third-order valence-corrected chi connectivity index (χ3v) is 2.87. The molecule has 3 heteroatoms. The van der Waals surface area contributed by atoms with E-state index in [1.165, 1.54) is 11.1 Å². The highest BCUT2D eigenvalue weighted by atomic mass is 35.5. The van der Waals surface area contributed by atoms with E-state index < -0.39 is 0 Å². The van der Waals surface area contributed by atoms with E-state index in [9.17, 15) is 0 Å². The predicted octanol–water partition coefficient (Wildman–Crippen LogP) is 3.33. The first-order chi connectivity index (χ1) is 8.61. The molecule has 0 bridgehead atoms. The molecule has 0 saturated carbocycles. The van der Waals surface area contributed by atoms with Crippen molar-refractivity contribution in [2.45, 2.75) is 19.9 Å². The lowest BCUT2D eigenvalue weighted by atomic mass is 10.2. The molecule has 0 spiro atoms. The fraction of sp³-hybridized carbons (Fsp3) is 0.467. The van der Waals surface area contributed by atoms with E-state index in [0.717, 1.165) is 37.6 Å². The minimum Gasteiger partial charge on any atom is -0.313 e. The van der Waals surface area contributed by atoms with Crippen LogP contribution in [0.5, 0.6) is 0 Å². The van der Waals surface area contributed by atoms with Crippen LogP contribution in [0.3, 0.4) is 0 Å². The highest BCUT2D eigenvalue weighted by molar-refractivity contribution is 6.30. The van der Waals surface area contributed by atoms with E-state index in [1.54, 1.807) is 0 Å². The van der Waals surface area contributed by atoms with Gasteiger partial charge in [0.1, 0.15) is 0 Å². The van der Waals surface area contributed by atoms with Crippen molar-refractivity contribution < 1.29 is 0 Å². The van der Waals surface area contributed by atoms with Crippen LogP contribution in [0.2, 0.25) is 5.02 Å².